The van der Waals surface area contributed by atoms with Crippen molar-refractivity contribution in [3.8, 4) is 0 Å². The number of benzene rings is 1. The molecule has 0 aliphatic carbocycles. The summed E-state index contributed by atoms with van der Waals surface area (Å²) in [7, 11) is 0. The number of piperidine rings is 1. The van der Waals surface area contributed by atoms with Crippen molar-refractivity contribution in [1.82, 2.24) is 15.5 Å². The first-order valence-corrected chi connectivity index (χ1v) is 7.43. The lowest BCUT2D eigenvalue weighted by atomic mass is 9.87. The molecular weight excluding hydrogens is 284 g/mol. The summed E-state index contributed by atoms with van der Waals surface area (Å²) in [6, 6.07) is 8.64. The largest absolute Gasteiger partial charge is 0.371 e. The van der Waals surface area contributed by atoms with E-state index < -0.39 is 17.8 Å². The van der Waals surface area contributed by atoms with Crippen molar-refractivity contribution < 1.29 is 14.7 Å². The number of anilines is 1. The minimum absolute atomic E-state index is 0.170. The molecule has 3 rings (SSSR count). The third-order valence-electron chi connectivity index (χ3n) is 4.27. The number of rotatable bonds is 3. The Kier molecular flexibility index (Phi) is 4.00. The monoisotopic (exact) mass is 304 g/mol. The van der Waals surface area contributed by atoms with Crippen LogP contribution in [0.3, 0.4) is 0 Å². The molecule has 2 aliphatic rings. The molecule has 4 N–H and O–H groups in total. The summed E-state index contributed by atoms with van der Waals surface area (Å²) in [6.07, 6.45) is 0.316. The molecule has 0 aromatic heterocycles. The molecule has 2 heterocycles. The molecule has 1 aromatic carbocycles. The zero-order valence-corrected chi connectivity index (χ0v) is 12.2. The van der Waals surface area contributed by atoms with E-state index in [4.69, 9.17) is 0 Å². The van der Waals surface area contributed by atoms with Crippen molar-refractivity contribution in [1.29, 1.82) is 0 Å². The molecule has 2 fully saturated rings. The zero-order chi connectivity index (χ0) is 15.6. The van der Waals surface area contributed by atoms with Gasteiger partial charge in [-0.25, -0.2) is 4.79 Å². The molecule has 22 heavy (non-hydrogen) atoms. The Labute approximate surface area is 128 Å². The smallest absolute Gasteiger partial charge is 0.320 e. The molecule has 1 atom stereocenters. The molecule has 1 unspecified atom stereocenters. The molecular formula is C15H20N4O3. The van der Waals surface area contributed by atoms with Gasteiger partial charge in [-0.15, -0.1) is 0 Å². The van der Waals surface area contributed by atoms with Crippen LogP contribution in [0.2, 0.25) is 0 Å². The highest BCUT2D eigenvalue weighted by Gasteiger charge is 2.51. The van der Waals surface area contributed by atoms with Crippen LogP contribution >= 0.6 is 0 Å². The summed E-state index contributed by atoms with van der Waals surface area (Å²) >= 11 is 0. The number of aliphatic hydroxyl groups excluding tert-OH is 1. The van der Waals surface area contributed by atoms with Crippen molar-refractivity contribution in [3.63, 3.8) is 0 Å². The SMILES string of the molecule is O=C(CN1C(=O)NC2(CCNCC2)C1O)Nc1ccccc1. The summed E-state index contributed by atoms with van der Waals surface area (Å²) in [5.41, 5.74) is 0.0215. The Morgan fingerprint density at radius 3 is 2.68 bits per heavy atom. The molecule has 118 valence electrons. The number of hydrogen-bond donors (Lipinski definition) is 4. The zero-order valence-electron chi connectivity index (χ0n) is 12.2. The van der Waals surface area contributed by atoms with E-state index in [2.05, 4.69) is 16.0 Å². The lowest BCUT2D eigenvalue weighted by Crippen LogP contribution is -2.56. The van der Waals surface area contributed by atoms with Gasteiger partial charge in [0.05, 0.1) is 5.54 Å². The fourth-order valence-corrected chi connectivity index (χ4v) is 3.05. The van der Waals surface area contributed by atoms with E-state index in [0.717, 1.165) is 13.1 Å². The minimum Gasteiger partial charge on any atom is -0.371 e. The Bertz CT molecular complexity index is 557. The molecule has 7 nitrogen and oxygen atoms in total. The van der Waals surface area contributed by atoms with Crippen LogP contribution in [0.1, 0.15) is 12.8 Å². The van der Waals surface area contributed by atoms with Crippen LogP contribution in [0.15, 0.2) is 30.3 Å². The molecule has 0 bridgehead atoms. The normalized spacial score (nSPS) is 23.4. The van der Waals surface area contributed by atoms with Crippen LogP contribution in [0.4, 0.5) is 10.5 Å². The van der Waals surface area contributed by atoms with Gasteiger partial charge in [0.2, 0.25) is 5.91 Å². The van der Waals surface area contributed by atoms with Gasteiger partial charge in [0.15, 0.2) is 6.23 Å². The van der Waals surface area contributed by atoms with Gasteiger partial charge >= 0.3 is 6.03 Å². The van der Waals surface area contributed by atoms with Crippen molar-refractivity contribution in [2.24, 2.45) is 0 Å². The van der Waals surface area contributed by atoms with E-state index in [9.17, 15) is 14.7 Å². The maximum Gasteiger partial charge on any atom is 0.320 e. The van der Waals surface area contributed by atoms with Gasteiger partial charge < -0.3 is 21.1 Å². The predicted octanol–water partition coefficient (Wildman–Crippen LogP) is 0.0909. The van der Waals surface area contributed by atoms with E-state index in [1.54, 1.807) is 12.1 Å². The quantitative estimate of drug-likeness (QED) is 0.637. The average molecular weight is 304 g/mol. The topological polar surface area (TPSA) is 93.7 Å². The van der Waals surface area contributed by atoms with Gasteiger partial charge in [0, 0.05) is 5.69 Å². The molecule has 2 aliphatic heterocycles. The highest BCUT2D eigenvalue weighted by molar-refractivity contribution is 5.95. The van der Waals surface area contributed by atoms with Crippen LogP contribution in [0.25, 0.3) is 0 Å². The molecule has 1 spiro atoms. The van der Waals surface area contributed by atoms with Gasteiger partial charge in [-0.05, 0) is 38.1 Å². The summed E-state index contributed by atoms with van der Waals surface area (Å²) in [5.74, 6) is -0.327. The fourth-order valence-electron chi connectivity index (χ4n) is 3.05. The van der Waals surface area contributed by atoms with Crippen LogP contribution in [-0.4, -0.2) is 53.3 Å². The first-order chi connectivity index (χ1) is 10.6. The van der Waals surface area contributed by atoms with Crippen molar-refractivity contribution >= 4 is 17.6 Å². The van der Waals surface area contributed by atoms with E-state index in [0.29, 0.717) is 18.5 Å². The first kappa shape index (κ1) is 14.8. The number of aliphatic hydroxyl groups is 1. The Balaban J connectivity index is 1.64. The molecule has 0 radical (unpaired) electrons. The Morgan fingerprint density at radius 2 is 2.00 bits per heavy atom. The number of nitrogens with one attached hydrogen (secondary N) is 3. The highest BCUT2D eigenvalue weighted by atomic mass is 16.3. The predicted molar refractivity (Wildman–Crippen MR) is 81.2 cm³/mol. The molecule has 7 heteroatoms. The maximum absolute atomic E-state index is 12.1. The number of amides is 3. The summed E-state index contributed by atoms with van der Waals surface area (Å²) in [6.45, 7) is 1.31. The second-order valence-corrected chi connectivity index (χ2v) is 5.75. The molecule has 0 saturated carbocycles. The number of nitrogens with zero attached hydrogens (tertiary/aromatic N) is 1. The highest BCUT2D eigenvalue weighted by Crippen LogP contribution is 2.30. The third kappa shape index (κ3) is 2.77. The second-order valence-electron chi connectivity index (χ2n) is 5.75. The standard InChI is InChI=1S/C15H20N4O3/c20-12(17-11-4-2-1-3-5-11)10-19-13(21)15(18-14(19)22)6-8-16-9-7-15/h1-5,13,16,21H,6-10H2,(H,17,20)(H,18,22). The van der Waals surface area contributed by atoms with Crippen molar-refractivity contribution in [3.05, 3.63) is 30.3 Å². The number of hydrogen-bond acceptors (Lipinski definition) is 4. The van der Waals surface area contributed by atoms with Crippen LogP contribution in [0, 0.1) is 0 Å². The first-order valence-electron chi connectivity index (χ1n) is 7.43. The summed E-state index contributed by atoms with van der Waals surface area (Å²) in [4.78, 5) is 25.4. The fraction of sp³-hybridized carbons (Fsp3) is 0.467. The number of carbonyl (C=O) groups is 2. The second kappa shape index (κ2) is 5.94. The van der Waals surface area contributed by atoms with Crippen molar-refractivity contribution in [2.75, 3.05) is 25.0 Å². The average Bonchev–Trinajstić information content (AvgIpc) is 2.73. The minimum atomic E-state index is -0.983. The van der Waals surface area contributed by atoms with E-state index in [-0.39, 0.29) is 12.5 Å². The maximum atomic E-state index is 12.1. The van der Waals surface area contributed by atoms with Gasteiger partial charge in [-0.1, -0.05) is 18.2 Å². The lowest BCUT2D eigenvalue weighted by molar-refractivity contribution is -0.119. The van der Waals surface area contributed by atoms with Crippen LogP contribution in [0.5, 0.6) is 0 Å². The van der Waals surface area contributed by atoms with E-state index >= 15 is 0 Å². The van der Waals surface area contributed by atoms with Gasteiger partial charge in [0.1, 0.15) is 6.54 Å². The van der Waals surface area contributed by atoms with Crippen molar-refractivity contribution in [2.45, 2.75) is 24.6 Å². The summed E-state index contributed by atoms with van der Waals surface area (Å²) in [5, 5.41) is 19.3. The Hall–Kier alpha value is -2.12. The van der Waals surface area contributed by atoms with Gasteiger partial charge in [-0.3, -0.25) is 9.69 Å². The number of carbonyl (C=O) groups excluding carboxylic acids is 2. The van der Waals surface area contributed by atoms with Crippen LogP contribution < -0.4 is 16.0 Å². The van der Waals surface area contributed by atoms with Gasteiger partial charge in [-0.2, -0.15) is 0 Å². The van der Waals surface area contributed by atoms with E-state index in [1.165, 1.54) is 4.90 Å². The number of para-hydroxylation sites is 1. The summed E-state index contributed by atoms with van der Waals surface area (Å²) < 4.78 is 0. The number of urea groups is 1. The molecule has 1 aromatic rings. The van der Waals surface area contributed by atoms with Crippen LogP contribution in [-0.2, 0) is 4.79 Å². The molecule has 3 amide bonds. The Morgan fingerprint density at radius 1 is 1.32 bits per heavy atom. The van der Waals surface area contributed by atoms with E-state index in [1.807, 2.05) is 18.2 Å². The molecule has 2 saturated heterocycles. The third-order valence-corrected chi connectivity index (χ3v) is 4.27. The lowest BCUT2D eigenvalue weighted by Gasteiger charge is -2.36. The van der Waals surface area contributed by atoms with Gasteiger partial charge in [0.25, 0.3) is 0 Å².